The summed E-state index contributed by atoms with van der Waals surface area (Å²) in [6.45, 7) is 4.31. The molecule has 1 saturated heterocycles. The topological polar surface area (TPSA) is 50.4 Å². The zero-order valence-electron chi connectivity index (χ0n) is 11.1. The molecule has 0 spiro atoms. The van der Waals surface area contributed by atoms with E-state index in [2.05, 4.69) is 17.6 Å². The van der Waals surface area contributed by atoms with E-state index in [0.717, 1.165) is 25.3 Å². The van der Waals surface area contributed by atoms with Crippen molar-refractivity contribution < 1.29 is 9.53 Å². The van der Waals surface area contributed by atoms with Gasteiger partial charge < -0.3 is 15.4 Å². The smallest absolute Gasteiger partial charge is 0.239 e. The maximum absolute atomic E-state index is 12.0. The second-order valence-corrected chi connectivity index (χ2v) is 5.40. The van der Waals surface area contributed by atoms with Crippen LogP contribution in [-0.2, 0) is 9.53 Å². The summed E-state index contributed by atoms with van der Waals surface area (Å²) in [5.74, 6) is 0.928. The van der Waals surface area contributed by atoms with Crippen LogP contribution in [0.3, 0.4) is 0 Å². The van der Waals surface area contributed by atoms with Gasteiger partial charge in [-0.25, -0.2) is 0 Å². The monoisotopic (exact) mass is 276 g/mol. The Balaban J connectivity index is 0.00000162. The van der Waals surface area contributed by atoms with E-state index in [9.17, 15) is 4.79 Å². The predicted molar refractivity (Wildman–Crippen MR) is 74.0 cm³/mol. The molecule has 4 nitrogen and oxygen atoms in total. The van der Waals surface area contributed by atoms with Crippen LogP contribution in [0.25, 0.3) is 0 Å². The van der Waals surface area contributed by atoms with Crippen molar-refractivity contribution in [1.29, 1.82) is 0 Å². The van der Waals surface area contributed by atoms with Crippen LogP contribution in [0.15, 0.2) is 0 Å². The van der Waals surface area contributed by atoms with Gasteiger partial charge in [-0.3, -0.25) is 4.79 Å². The van der Waals surface area contributed by atoms with Crippen molar-refractivity contribution in [3.8, 4) is 0 Å². The molecule has 1 heterocycles. The minimum absolute atomic E-state index is 0. The van der Waals surface area contributed by atoms with Gasteiger partial charge in [0.2, 0.25) is 5.91 Å². The van der Waals surface area contributed by atoms with Crippen LogP contribution < -0.4 is 10.6 Å². The molecule has 3 unspecified atom stereocenters. The number of nitrogens with one attached hydrogen (secondary N) is 2. The molecule has 1 saturated carbocycles. The highest BCUT2D eigenvalue weighted by atomic mass is 35.5. The van der Waals surface area contributed by atoms with Gasteiger partial charge in [-0.1, -0.05) is 19.8 Å². The van der Waals surface area contributed by atoms with Gasteiger partial charge in [0, 0.05) is 12.6 Å². The van der Waals surface area contributed by atoms with Gasteiger partial charge in [0.15, 0.2) is 0 Å². The summed E-state index contributed by atoms with van der Waals surface area (Å²) in [6, 6.07) is 0.223. The lowest BCUT2D eigenvalue weighted by Crippen LogP contribution is -2.53. The van der Waals surface area contributed by atoms with E-state index in [1.807, 2.05) is 0 Å². The molecule has 2 N–H and O–H groups in total. The number of halogens is 1. The van der Waals surface area contributed by atoms with Crippen LogP contribution in [0.4, 0.5) is 0 Å². The molecule has 3 atom stereocenters. The first-order valence-electron chi connectivity index (χ1n) is 6.87. The molecule has 0 aromatic heterocycles. The van der Waals surface area contributed by atoms with Gasteiger partial charge in [-0.2, -0.15) is 0 Å². The molecule has 1 aliphatic heterocycles. The fourth-order valence-electron chi connectivity index (χ4n) is 2.67. The number of hydrogen-bond acceptors (Lipinski definition) is 3. The first-order chi connectivity index (χ1) is 8.25. The van der Waals surface area contributed by atoms with Gasteiger partial charge in [0.1, 0.15) is 6.04 Å². The van der Waals surface area contributed by atoms with Crippen LogP contribution in [0.2, 0.25) is 0 Å². The highest BCUT2D eigenvalue weighted by Crippen LogP contribution is 2.22. The standard InChI is InChI=1S/C13H24N2O2.ClH/c1-10-3-2-4-11(6-5-10)15-13(16)12-9-17-8-7-14-12;/h10-12,14H,2-9H2,1H3,(H,15,16);1H. The zero-order chi connectivity index (χ0) is 12.1. The summed E-state index contributed by atoms with van der Waals surface area (Å²) in [5.41, 5.74) is 0. The van der Waals surface area contributed by atoms with E-state index >= 15 is 0 Å². The molecular formula is C13H25ClN2O2. The van der Waals surface area contributed by atoms with E-state index in [1.54, 1.807) is 0 Å². The van der Waals surface area contributed by atoms with Crippen molar-refractivity contribution in [2.45, 2.75) is 51.1 Å². The predicted octanol–water partition coefficient (Wildman–Crippen LogP) is 1.48. The van der Waals surface area contributed by atoms with Crippen molar-refractivity contribution in [1.82, 2.24) is 10.6 Å². The third-order valence-corrected chi connectivity index (χ3v) is 3.84. The van der Waals surface area contributed by atoms with Crippen molar-refractivity contribution in [2.24, 2.45) is 5.92 Å². The van der Waals surface area contributed by atoms with Crippen LogP contribution in [0.5, 0.6) is 0 Å². The fraction of sp³-hybridized carbons (Fsp3) is 0.923. The van der Waals surface area contributed by atoms with Gasteiger partial charge in [-0.15, -0.1) is 12.4 Å². The lowest BCUT2D eigenvalue weighted by Gasteiger charge is -2.25. The zero-order valence-corrected chi connectivity index (χ0v) is 11.9. The van der Waals surface area contributed by atoms with E-state index in [0.29, 0.717) is 19.3 Å². The van der Waals surface area contributed by atoms with Crippen LogP contribution >= 0.6 is 12.4 Å². The Hall–Kier alpha value is -0.320. The number of amides is 1. The quantitative estimate of drug-likeness (QED) is 0.751. The maximum Gasteiger partial charge on any atom is 0.239 e. The van der Waals surface area contributed by atoms with Crippen molar-refractivity contribution in [3.05, 3.63) is 0 Å². The summed E-state index contributed by atoms with van der Waals surface area (Å²) in [6.07, 6.45) is 6.03. The highest BCUT2D eigenvalue weighted by Gasteiger charge is 2.24. The molecule has 0 aromatic carbocycles. The number of carbonyl (C=O) groups is 1. The normalized spacial score (nSPS) is 33.1. The second kappa shape index (κ2) is 7.97. The summed E-state index contributed by atoms with van der Waals surface area (Å²) < 4.78 is 5.31. The highest BCUT2D eigenvalue weighted by molar-refractivity contribution is 5.85. The summed E-state index contributed by atoms with van der Waals surface area (Å²) in [7, 11) is 0. The first kappa shape index (κ1) is 15.7. The Labute approximate surface area is 116 Å². The van der Waals surface area contributed by atoms with Crippen molar-refractivity contribution in [3.63, 3.8) is 0 Å². The van der Waals surface area contributed by atoms with Crippen LogP contribution in [-0.4, -0.2) is 37.7 Å². The molecule has 2 aliphatic rings. The van der Waals surface area contributed by atoms with Gasteiger partial charge in [-0.05, 0) is 25.2 Å². The van der Waals surface area contributed by atoms with Crippen LogP contribution in [0.1, 0.15) is 39.0 Å². The number of carbonyl (C=O) groups excluding carboxylic acids is 1. The Bertz CT molecular complexity index is 257. The Morgan fingerprint density at radius 3 is 2.83 bits per heavy atom. The lowest BCUT2D eigenvalue weighted by molar-refractivity contribution is -0.126. The number of morpholine rings is 1. The molecule has 2 fully saturated rings. The molecule has 5 heteroatoms. The molecule has 0 radical (unpaired) electrons. The lowest BCUT2D eigenvalue weighted by atomic mass is 10.0. The number of ether oxygens (including phenoxy) is 1. The van der Waals surface area contributed by atoms with Crippen molar-refractivity contribution in [2.75, 3.05) is 19.8 Å². The average molecular weight is 277 g/mol. The molecule has 106 valence electrons. The summed E-state index contributed by atoms with van der Waals surface area (Å²) in [5, 5.41) is 6.36. The minimum atomic E-state index is -0.149. The minimum Gasteiger partial charge on any atom is -0.378 e. The summed E-state index contributed by atoms with van der Waals surface area (Å²) in [4.78, 5) is 12.0. The Morgan fingerprint density at radius 2 is 2.11 bits per heavy atom. The van der Waals surface area contributed by atoms with Gasteiger partial charge in [0.25, 0.3) is 0 Å². The average Bonchev–Trinajstić information content (AvgIpc) is 2.56. The summed E-state index contributed by atoms with van der Waals surface area (Å²) >= 11 is 0. The molecular weight excluding hydrogens is 252 g/mol. The molecule has 2 rings (SSSR count). The molecule has 0 aromatic rings. The molecule has 1 amide bonds. The van der Waals surface area contributed by atoms with Gasteiger partial charge >= 0.3 is 0 Å². The maximum atomic E-state index is 12.0. The SMILES string of the molecule is CC1CCCC(NC(=O)C2COCCN2)CC1.Cl. The Kier molecular flexibility index (Phi) is 6.97. The van der Waals surface area contributed by atoms with E-state index in [4.69, 9.17) is 4.74 Å². The number of rotatable bonds is 2. The molecule has 18 heavy (non-hydrogen) atoms. The molecule has 1 aliphatic carbocycles. The fourth-order valence-corrected chi connectivity index (χ4v) is 2.67. The first-order valence-corrected chi connectivity index (χ1v) is 6.87. The van der Waals surface area contributed by atoms with E-state index in [-0.39, 0.29) is 24.4 Å². The third-order valence-electron chi connectivity index (χ3n) is 3.84. The van der Waals surface area contributed by atoms with Gasteiger partial charge in [0.05, 0.1) is 13.2 Å². The van der Waals surface area contributed by atoms with Crippen LogP contribution in [0, 0.1) is 5.92 Å². The van der Waals surface area contributed by atoms with E-state index in [1.165, 1.54) is 19.3 Å². The molecule has 0 bridgehead atoms. The Morgan fingerprint density at radius 1 is 1.28 bits per heavy atom. The number of hydrogen-bond donors (Lipinski definition) is 2. The van der Waals surface area contributed by atoms with Crippen molar-refractivity contribution >= 4 is 18.3 Å². The largest absolute Gasteiger partial charge is 0.378 e. The second-order valence-electron chi connectivity index (χ2n) is 5.40. The third kappa shape index (κ3) is 4.75. The van der Waals surface area contributed by atoms with E-state index < -0.39 is 0 Å².